The van der Waals surface area contributed by atoms with Crippen molar-refractivity contribution in [1.82, 2.24) is 4.98 Å². The third-order valence-corrected chi connectivity index (χ3v) is 4.43. The smallest absolute Gasteiger partial charge is 0.261 e. The fourth-order valence-electron chi connectivity index (χ4n) is 2.26. The standard InChI is InChI=1S/C18H18N2O4S/c1-22-9-10-24-15-6-4-3-5-13(15)17(21)20-18-19-14-8-7-12(23-2)11-16(14)25-18/h3-8,11H,9-10H2,1-2H3,(H,19,20,21). The second-order valence-electron chi connectivity index (χ2n) is 5.14. The lowest BCUT2D eigenvalue weighted by atomic mass is 10.2. The Bertz CT molecular complexity index is 878. The summed E-state index contributed by atoms with van der Waals surface area (Å²) < 4.78 is 16.7. The number of para-hydroxylation sites is 1. The van der Waals surface area contributed by atoms with Crippen molar-refractivity contribution in [2.45, 2.75) is 0 Å². The number of carbonyl (C=O) groups excluding carboxylic acids is 1. The predicted octanol–water partition coefficient (Wildman–Crippen LogP) is 3.58. The van der Waals surface area contributed by atoms with E-state index in [0.29, 0.717) is 29.7 Å². The lowest BCUT2D eigenvalue weighted by molar-refractivity contribution is 0.101. The van der Waals surface area contributed by atoms with Crippen molar-refractivity contribution in [3.63, 3.8) is 0 Å². The maximum atomic E-state index is 12.6. The number of hydrogen-bond acceptors (Lipinski definition) is 6. The molecule has 1 N–H and O–H groups in total. The highest BCUT2D eigenvalue weighted by molar-refractivity contribution is 7.22. The number of nitrogens with zero attached hydrogens (tertiary/aromatic N) is 1. The van der Waals surface area contributed by atoms with E-state index in [-0.39, 0.29) is 5.91 Å². The number of fused-ring (bicyclic) bond motifs is 1. The molecule has 0 saturated carbocycles. The zero-order valence-electron chi connectivity index (χ0n) is 13.9. The summed E-state index contributed by atoms with van der Waals surface area (Å²) in [5.74, 6) is 1.00. The summed E-state index contributed by atoms with van der Waals surface area (Å²) in [6, 6.07) is 12.7. The molecular formula is C18H18N2O4S. The van der Waals surface area contributed by atoms with Crippen LogP contribution in [-0.2, 0) is 4.74 Å². The fourth-order valence-corrected chi connectivity index (χ4v) is 3.15. The molecule has 0 atom stereocenters. The molecule has 0 fully saturated rings. The first kappa shape index (κ1) is 17.2. The van der Waals surface area contributed by atoms with Crippen LogP contribution < -0.4 is 14.8 Å². The normalized spacial score (nSPS) is 10.6. The highest BCUT2D eigenvalue weighted by Gasteiger charge is 2.14. The topological polar surface area (TPSA) is 69.7 Å². The van der Waals surface area contributed by atoms with Gasteiger partial charge in [-0.2, -0.15) is 0 Å². The molecule has 1 aromatic heterocycles. The molecule has 6 nitrogen and oxygen atoms in total. The van der Waals surface area contributed by atoms with Gasteiger partial charge in [0.1, 0.15) is 18.1 Å². The van der Waals surface area contributed by atoms with Crippen molar-refractivity contribution < 1.29 is 19.0 Å². The van der Waals surface area contributed by atoms with Crippen LogP contribution in [0.5, 0.6) is 11.5 Å². The van der Waals surface area contributed by atoms with Gasteiger partial charge in [0.25, 0.3) is 5.91 Å². The molecule has 0 aliphatic rings. The number of carbonyl (C=O) groups is 1. The third-order valence-electron chi connectivity index (χ3n) is 3.49. The van der Waals surface area contributed by atoms with Gasteiger partial charge in [0.05, 0.1) is 29.5 Å². The van der Waals surface area contributed by atoms with E-state index in [2.05, 4.69) is 10.3 Å². The lowest BCUT2D eigenvalue weighted by Gasteiger charge is -2.10. The van der Waals surface area contributed by atoms with E-state index < -0.39 is 0 Å². The van der Waals surface area contributed by atoms with Crippen LogP contribution in [0, 0.1) is 0 Å². The molecule has 3 aromatic rings. The summed E-state index contributed by atoms with van der Waals surface area (Å²) in [6.07, 6.45) is 0. The van der Waals surface area contributed by atoms with Gasteiger partial charge < -0.3 is 14.2 Å². The van der Waals surface area contributed by atoms with E-state index in [9.17, 15) is 4.79 Å². The van der Waals surface area contributed by atoms with Crippen LogP contribution in [0.25, 0.3) is 10.2 Å². The molecule has 2 aromatic carbocycles. The second kappa shape index (κ2) is 7.96. The van der Waals surface area contributed by atoms with Gasteiger partial charge in [-0.15, -0.1) is 0 Å². The number of rotatable bonds is 7. The number of anilines is 1. The van der Waals surface area contributed by atoms with E-state index in [1.165, 1.54) is 11.3 Å². The molecule has 0 saturated heterocycles. The number of benzene rings is 2. The molecule has 25 heavy (non-hydrogen) atoms. The molecule has 0 spiro atoms. The lowest BCUT2D eigenvalue weighted by Crippen LogP contribution is -2.14. The Hall–Kier alpha value is -2.64. The number of ether oxygens (including phenoxy) is 3. The van der Waals surface area contributed by atoms with Gasteiger partial charge in [0.15, 0.2) is 5.13 Å². The predicted molar refractivity (Wildman–Crippen MR) is 97.9 cm³/mol. The minimum absolute atomic E-state index is 0.265. The molecule has 0 aliphatic carbocycles. The van der Waals surface area contributed by atoms with Gasteiger partial charge in [-0.25, -0.2) is 4.98 Å². The zero-order valence-corrected chi connectivity index (χ0v) is 14.8. The van der Waals surface area contributed by atoms with Crippen LogP contribution in [0.2, 0.25) is 0 Å². The Morgan fingerprint density at radius 3 is 2.80 bits per heavy atom. The Balaban J connectivity index is 1.78. The molecule has 0 unspecified atom stereocenters. The highest BCUT2D eigenvalue weighted by atomic mass is 32.1. The summed E-state index contributed by atoms with van der Waals surface area (Å²) in [5, 5.41) is 3.36. The van der Waals surface area contributed by atoms with Gasteiger partial charge in [0.2, 0.25) is 0 Å². The van der Waals surface area contributed by atoms with Crippen molar-refractivity contribution in [3.05, 3.63) is 48.0 Å². The van der Waals surface area contributed by atoms with Crippen molar-refractivity contribution in [2.24, 2.45) is 0 Å². The van der Waals surface area contributed by atoms with Gasteiger partial charge in [-0.1, -0.05) is 23.5 Å². The van der Waals surface area contributed by atoms with Crippen LogP contribution in [0.15, 0.2) is 42.5 Å². The van der Waals surface area contributed by atoms with Crippen molar-refractivity contribution >= 4 is 32.6 Å². The van der Waals surface area contributed by atoms with E-state index in [1.807, 2.05) is 24.3 Å². The Labute approximate surface area is 149 Å². The van der Waals surface area contributed by atoms with E-state index in [0.717, 1.165) is 16.0 Å². The largest absolute Gasteiger partial charge is 0.497 e. The molecule has 0 bridgehead atoms. The Kier molecular flexibility index (Phi) is 5.47. The maximum absolute atomic E-state index is 12.6. The third kappa shape index (κ3) is 4.07. The number of nitrogens with one attached hydrogen (secondary N) is 1. The van der Waals surface area contributed by atoms with Crippen molar-refractivity contribution in [1.29, 1.82) is 0 Å². The van der Waals surface area contributed by atoms with Crippen LogP contribution in [0.3, 0.4) is 0 Å². The number of thiazole rings is 1. The molecule has 3 rings (SSSR count). The number of methoxy groups -OCH3 is 2. The quantitative estimate of drug-likeness (QED) is 0.654. The highest BCUT2D eigenvalue weighted by Crippen LogP contribution is 2.30. The molecule has 1 heterocycles. The summed E-state index contributed by atoms with van der Waals surface area (Å²) in [4.78, 5) is 17.0. The molecule has 0 aliphatic heterocycles. The first-order chi connectivity index (χ1) is 12.2. The average Bonchev–Trinajstić information content (AvgIpc) is 3.03. The minimum atomic E-state index is -0.265. The second-order valence-corrected chi connectivity index (χ2v) is 6.17. The van der Waals surface area contributed by atoms with Crippen LogP contribution in [0.1, 0.15) is 10.4 Å². The van der Waals surface area contributed by atoms with Gasteiger partial charge >= 0.3 is 0 Å². The van der Waals surface area contributed by atoms with E-state index >= 15 is 0 Å². The number of amides is 1. The summed E-state index contributed by atoms with van der Waals surface area (Å²) in [6.45, 7) is 0.831. The Morgan fingerprint density at radius 2 is 2.00 bits per heavy atom. The van der Waals surface area contributed by atoms with Crippen LogP contribution in [0.4, 0.5) is 5.13 Å². The fraction of sp³-hybridized carbons (Fsp3) is 0.222. The number of hydrogen-bond donors (Lipinski definition) is 1. The molecule has 0 radical (unpaired) electrons. The van der Waals surface area contributed by atoms with E-state index in [1.54, 1.807) is 32.4 Å². The SMILES string of the molecule is COCCOc1ccccc1C(=O)Nc1nc2ccc(OC)cc2s1. The molecule has 130 valence electrons. The zero-order chi connectivity index (χ0) is 17.6. The van der Waals surface area contributed by atoms with Crippen LogP contribution in [-0.4, -0.2) is 38.3 Å². The molecule has 7 heteroatoms. The molecular weight excluding hydrogens is 340 g/mol. The van der Waals surface area contributed by atoms with Crippen molar-refractivity contribution in [3.8, 4) is 11.5 Å². The maximum Gasteiger partial charge on any atom is 0.261 e. The van der Waals surface area contributed by atoms with Gasteiger partial charge in [-0.05, 0) is 30.3 Å². The summed E-state index contributed by atoms with van der Waals surface area (Å²) in [5.41, 5.74) is 1.26. The monoisotopic (exact) mass is 358 g/mol. The van der Waals surface area contributed by atoms with Crippen LogP contribution >= 0.6 is 11.3 Å². The van der Waals surface area contributed by atoms with Crippen molar-refractivity contribution in [2.75, 3.05) is 32.8 Å². The van der Waals surface area contributed by atoms with Gasteiger partial charge in [-0.3, -0.25) is 10.1 Å². The first-order valence-corrected chi connectivity index (χ1v) is 8.49. The molecule has 1 amide bonds. The number of aromatic nitrogens is 1. The first-order valence-electron chi connectivity index (χ1n) is 7.68. The average molecular weight is 358 g/mol. The summed E-state index contributed by atoms with van der Waals surface area (Å²) in [7, 11) is 3.22. The van der Waals surface area contributed by atoms with Gasteiger partial charge in [0, 0.05) is 7.11 Å². The summed E-state index contributed by atoms with van der Waals surface area (Å²) >= 11 is 1.39. The van der Waals surface area contributed by atoms with E-state index in [4.69, 9.17) is 14.2 Å². The minimum Gasteiger partial charge on any atom is -0.497 e. The Morgan fingerprint density at radius 1 is 1.16 bits per heavy atom.